The molecule has 69 heavy (non-hydrogen) atoms. The number of Topliss-reactive ketones (excluding diaryl/α,β-unsaturated/α-hetero) is 1. The number of carbonyl (C=O) groups is 6. The molecule has 4 aromatic rings. The zero-order valence-electron chi connectivity index (χ0n) is 37.6. The van der Waals surface area contributed by atoms with Crippen molar-refractivity contribution in [3.05, 3.63) is 118 Å². The SMILES string of the molecule is C.C#CC#CC.CCOC(=O)C(=O)C[C@H](Cc1ccc(-c2cc(Cl)ccc2F)cc1)C[C@@H](O)C(=O)O.CCOC(=O)C(=O)Cl.CCOC(=O)[C@H](O)C[C@H](N)Cc1ccc(-c2cc(Cl)ccc2F)cc1. The Morgan fingerprint density at radius 2 is 1.14 bits per heavy atom. The Bertz CT molecular complexity index is 2400. The molecule has 0 aliphatic heterocycles. The number of ketones is 1. The maximum atomic E-state index is 14.0. The Hall–Kier alpha value is -6.17. The van der Waals surface area contributed by atoms with Gasteiger partial charge in [0, 0.05) is 33.6 Å². The molecule has 0 saturated heterocycles. The highest BCUT2D eigenvalue weighted by Gasteiger charge is 2.26. The number of nitrogens with two attached hydrogens (primary N) is 1. The Labute approximate surface area is 416 Å². The van der Waals surface area contributed by atoms with E-state index in [1.54, 1.807) is 70.2 Å². The van der Waals surface area contributed by atoms with Crippen LogP contribution < -0.4 is 5.73 Å². The second-order valence-corrected chi connectivity index (χ2v) is 15.3. The van der Waals surface area contributed by atoms with Crippen molar-refractivity contribution in [2.75, 3.05) is 19.8 Å². The first-order valence-corrected chi connectivity index (χ1v) is 21.9. The average molecular weight is 1020 g/mol. The van der Waals surface area contributed by atoms with Gasteiger partial charge in [0.2, 0.25) is 5.78 Å². The fourth-order valence-corrected chi connectivity index (χ4v) is 6.29. The monoisotopic (exact) mass is 1020 g/mol. The lowest BCUT2D eigenvalue weighted by Crippen LogP contribution is -2.33. The van der Waals surface area contributed by atoms with Crippen LogP contribution in [0, 0.1) is 41.7 Å². The number of halogens is 5. The second-order valence-electron chi connectivity index (χ2n) is 14.1. The number of aliphatic hydroxyl groups excluding tert-OH is 2. The molecule has 0 amide bonds. The summed E-state index contributed by atoms with van der Waals surface area (Å²) >= 11 is 16.5. The van der Waals surface area contributed by atoms with Crippen molar-refractivity contribution >= 4 is 69.7 Å². The number of rotatable bonds is 19. The molecule has 0 aliphatic rings. The van der Waals surface area contributed by atoms with E-state index in [1.807, 2.05) is 12.1 Å². The topological polar surface area (TPSA) is 217 Å². The third kappa shape index (κ3) is 24.6. The lowest BCUT2D eigenvalue weighted by atomic mass is 9.88. The van der Waals surface area contributed by atoms with Gasteiger partial charge in [0.25, 0.3) is 0 Å². The van der Waals surface area contributed by atoms with Crippen LogP contribution in [0.4, 0.5) is 8.78 Å². The third-order valence-electron chi connectivity index (χ3n) is 8.95. The zero-order valence-corrected chi connectivity index (χ0v) is 39.9. The molecule has 4 rings (SSSR count). The highest BCUT2D eigenvalue weighted by molar-refractivity contribution is 6.80. The number of hydrogen-bond donors (Lipinski definition) is 4. The van der Waals surface area contributed by atoms with Crippen LogP contribution in [-0.4, -0.2) is 88.3 Å². The van der Waals surface area contributed by atoms with Gasteiger partial charge in [0.1, 0.15) is 11.6 Å². The molecule has 0 unspecified atom stereocenters. The summed E-state index contributed by atoms with van der Waals surface area (Å²) in [7, 11) is 0. The van der Waals surface area contributed by atoms with E-state index >= 15 is 0 Å². The lowest BCUT2D eigenvalue weighted by Gasteiger charge is -2.18. The minimum absolute atomic E-state index is 0. The summed E-state index contributed by atoms with van der Waals surface area (Å²) in [5, 5.41) is 28.2. The molecule has 0 aliphatic carbocycles. The fourth-order valence-electron chi connectivity index (χ4n) is 5.89. The van der Waals surface area contributed by atoms with Crippen molar-refractivity contribution < 1.29 is 67.1 Å². The summed E-state index contributed by atoms with van der Waals surface area (Å²) in [4.78, 5) is 65.9. The zero-order chi connectivity index (χ0) is 51.3. The van der Waals surface area contributed by atoms with Gasteiger partial charge in [-0.3, -0.25) is 9.59 Å². The van der Waals surface area contributed by atoms with Crippen molar-refractivity contribution in [3.8, 4) is 46.4 Å². The van der Waals surface area contributed by atoms with Crippen LogP contribution in [0.1, 0.15) is 65.5 Å². The average Bonchev–Trinajstić information content (AvgIpc) is 3.29. The van der Waals surface area contributed by atoms with E-state index in [4.69, 9.17) is 56.8 Å². The van der Waals surface area contributed by atoms with Gasteiger partial charge >= 0.3 is 29.1 Å². The molecule has 0 bridgehead atoms. The van der Waals surface area contributed by atoms with Gasteiger partial charge in [-0.25, -0.2) is 28.0 Å². The lowest BCUT2D eigenvalue weighted by molar-refractivity contribution is -0.154. The van der Waals surface area contributed by atoms with Gasteiger partial charge in [-0.2, -0.15) is 0 Å². The van der Waals surface area contributed by atoms with Crippen molar-refractivity contribution in [2.24, 2.45) is 11.7 Å². The molecule has 0 aromatic heterocycles. The van der Waals surface area contributed by atoms with E-state index in [1.165, 1.54) is 30.3 Å². The summed E-state index contributed by atoms with van der Waals surface area (Å²) in [6, 6.07) is 22.3. The van der Waals surface area contributed by atoms with Gasteiger partial charge in [0.05, 0.1) is 19.8 Å². The normalized spacial score (nSPS) is 11.6. The molecule has 372 valence electrons. The van der Waals surface area contributed by atoms with Crippen LogP contribution in [0.5, 0.6) is 0 Å². The van der Waals surface area contributed by atoms with Crippen LogP contribution in [0.3, 0.4) is 0 Å². The first-order valence-electron chi connectivity index (χ1n) is 20.7. The molecule has 13 nitrogen and oxygen atoms in total. The predicted octanol–water partition coefficient (Wildman–Crippen LogP) is 8.59. The van der Waals surface area contributed by atoms with Gasteiger partial charge < -0.3 is 35.3 Å². The van der Waals surface area contributed by atoms with Gasteiger partial charge in [-0.05, 0) is 141 Å². The van der Waals surface area contributed by atoms with Crippen LogP contribution in [0.25, 0.3) is 22.3 Å². The van der Waals surface area contributed by atoms with Crippen molar-refractivity contribution in [1.29, 1.82) is 0 Å². The number of hydrogen-bond acceptors (Lipinski definition) is 12. The van der Waals surface area contributed by atoms with Crippen molar-refractivity contribution in [3.63, 3.8) is 0 Å². The standard InChI is InChI=1S/C22H22ClFO6.C19H21ClFNO3.C5H4.C4H5ClO3.CH4/c1-2-30-22(29)20(26)11-14(10-19(25)21(27)28)9-13-3-5-15(6-4-13)17-12-16(23)7-8-18(17)24;1-2-25-19(24)18(23)11-15(22)9-12-3-5-13(6-4-12)16-10-14(20)7-8-17(16)21;1-3-5-4-2;1-2-8-4(7)3(5)6;/h3-8,12,14,19,25H,2,9-11H2,1H3,(H,27,28);3-8,10,15,18,23H,2,9,11,22H2,1H3;1H,2H3;2H2,1H3;1H4/t14-,19-;15-,18-;;;/m11.../s1. The number of carboxylic acid groups (broad SMARTS) is 1. The van der Waals surface area contributed by atoms with Crippen molar-refractivity contribution in [1.82, 2.24) is 0 Å². The number of esters is 3. The molecule has 18 heteroatoms. The smallest absolute Gasteiger partial charge is 0.391 e. The molecule has 5 N–H and O–H groups in total. The Balaban J connectivity index is 0.00000106. The summed E-state index contributed by atoms with van der Waals surface area (Å²) in [5.41, 5.74) is 9.73. The first kappa shape index (κ1) is 62.8. The van der Waals surface area contributed by atoms with Crippen LogP contribution in [-0.2, 0) is 55.8 Å². The van der Waals surface area contributed by atoms with E-state index in [9.17, 15) is 47.8 Å². The minimum atomic E-state index is -1.66. The second kappa shape index (κ2) is 34.2. The summed E-state index contributed by atoms with van der Waals surface area (Å²) in [5.74, 6) is 0.890. The Kier molecular flexibility index (Phi) is 31.1. The van der Waals surface area contributed by atoms with Crippen molar-refractivity contribution in [2.45, 2.75) is 85.5 Å². The highest BCUT2D eigenvalue weighted by Crippen LogP contribution is 2.29. The maximum Gasteiger partial charge on any atom is 0.391 e. The fraction of sp³-hybridized carbons (Fsp3) is 0.333. The summed E-state index contributed by atoms with van der Waals surface area (Å²) in [6.07, 6.45) is 2.21. The minimum Gasteiger partial charge on any atom is -0.479 e. The van der Waals surface area contributed by atoms with E-state index in [0.717, 1.165) is 11.1 Å². The van der Waals surface area contributed by atoms with Gasteiger partial charge in [-0.1, -0.05) is 85.1 Å². The van der Waals surface area contributed by atoms with Crippen LogP contribution >= 0.6 is 34.8 Å². The number of terminal acetylenes is 1. The number of ether oxygens (including phenoxy) is 3. The van der Waals surface area contributed by atoms with E-state index in [2.05, 4.69) is 27.2 Å². The number of aliphatic carboxylic acids is 1. The number of carbonyl (C=O) groups excluding carboxylic acids is 5. The van der Waals surface area contributed by atoms with Crippen LogP contribution in [0.15, 0.2) is 84.9 Å². The number of carboxylic acids is 1. The van der Waals surface area contributed by atoms with E-state index in [-0.39, 0.29) is 58.7 Å². The molecule has 4 aromatic carbocycles. The molecular formula is C51H56Cl3F2NO12. The highest BCUT2D eigenvalue weighted by atomic mass is 35.5. The third-order valence-corrected chi connectivity index (χ3v) is 9.57. The van der Waals surface area contributed by atoms with Gasteiger partial charge in [-0.15, -0.1) is 6.42 Å². The molecule has 0 heterocycles. The number of aliphatic hydroxyl groups is 2. The summed E-state index contributed by atoms with van der Waals surface area (Å²) in [6.45, 7) is 6.99. The molecule has 0 spiro atoms. The van der Waals surface area contributed by atoms with E-state index < -0.39 is 64.9 Å². The van der Waals surface area contributed by atoms with Crippen LogP contribution in [0.2, 0.25) is 10.0 Å². The summed E-state index contributed by atoms with van der Waals surface area (Å²) < 4.78 is 41.6. The Morgan fingerprint density at radius 3 is 1.52 bits per heavy atom. The predicted molar refractivity (Wildman–Crippen MR) is 261 cm³/mol. The molecule has 0 fully saturated rings. The first-order chi connectivity index (χ1) is 32.2. The Morgan fingerprint density at radius 1 is 0.696 bits per heavy atom. The van der Waals surface area contributed by atoms with Gasteiger partial charge in [0.15, 0.2) is 12.2 Å². The molecular weight excluding hydrogens is 963 g/mol. The quantitative estimate of drug-likeness (QED) is 0.0228. The van der Waals surface area contributed by atoms with E-state index in [0.29, 0.717) is 38.7 Å². The molecule has 0 radical (unpaired) electrons. The molecule has 0 saturated carbocycles. The largest absolute Gasteiger partial charge is 0.479 e. The maximum absolute atomic E-state index is 14.0. The number of benzene rings is 4. The molecule has 4 atom stereocenters.